The molecule has 0 radical (unpaired) electrons. The van der Waals surface area contributed by atoms with E-state index in [2.05, 4.69) is 5.32 Å². The summed E-state index contributed by atoms with van der Waals surface area (Å²) in [5.41, 5.74) is 15.3. The molecule has 0 saturated heterocycles. The summed E-state index contributed by atoms with van der Waals surface area (Å²) in [6, 6.07) is 12.7. The zero-order valence-electron chi connectivity index (χ0n) is 10.00. The van der Waals surface area contributed by atoms with Crippen molar-refractivity contribution in [2.45, 2.75) is 0 Å². The van der Waals surface area contributed by atoms with Gasteiger partial charge in [0.05, 0.1) is 0 Å². The number of para-hydroxylation sites is 1. The van der Waals surface area contributed by atoms with E-state index in [-0.39, 0.29) is 24.8 Å². The van der Waals surface area contributed by atoms with E-state index in [1.807, 2.05) is 24.3 Å². The second-order valence-corrected chi connectivity index (χ2v) is 3.65. The molecule has 5 N–H and O–H groups in total. The van der Waals surface area contributed by atoms with Crippen molar-refractivity contribution in [2.24, 2.45) is 0 Å². The van der Waals surface area contributed by atoms with Crippen molar-refractivity contribution in [3.63, 3.8) is 0 Å². The lowest BCUT2D eigenvalue weighted by atomic mass is 10.0. The number of hydrogen-bond acceptors (Lipinski definition) is 3. The first-order chi connectivity index (χ1) is 8.22. The summed E-state index contributed by atoms with van der Waals surface area (Å²) < 4.78 is 0. The van der Waals surface area contributed by atoms with Crippen LogP contribution in [-0.4, -0.2) is 6.41 Å². The fraction of sp³-hybridized carbons (Fsp3) is 0. The smallest absolute Gasteiger partial charge is 0.211 e. The predicted octanol–water partition coefficient (Wildman–Crippen LogP) is 2.93. The van der Waals surface area contributed by atoms with Crippen molar-refractivity contribution >= 4 is 48.3 Å². The van der Waals surface area contributed by atoms with Crippen LogP contribution in [0, 0.1) is 0 Å². The van der Waals surface area contributed by atoms with Gasteiger partial charge in [0, 0.05) is 28.2 Å². The minimum atomic E-state index is 0. The first-order valence-corrected chi connectivity index (χ1v) is 5.17. The standard InChI is InChI=1S/C13H13N3O.2ClH/c14-9-5-6-12(15)11(7-9)10-3-1-2-4-13(10)16-8-17;;/h1-8H,14-15H2,(H,16,17);2*1H. The van der Waals surface area contributed by atoms with Gasteiger partial charge in [-0.3, -0.25) is 4.79 Å². The molecule has 102 valence electrons. The molecule has 0 aromatic heterocycles. The van der Waals surface area contributed by atoms with E-state index in [1.54, 1.807) is 18.2 Å². The van der Waals surface area contributed by atoms with Crippen LogP contribution in [0.5, 0.6) is 0 Å². The third-order valence-corrected chi connectivity index (χ3v) is 2.51. The Hall–Kier alpha value is -1.91. The molecular weight excluding hydrogens is 285 g/mol. The largest absolute Gasteiger partial charge is 0.399 e. The highest BCUT2D eigenvalue weighted by Crippen LogP contribution is 2.33. The van der Waals surface area contributed by atoms with Gasteiger partial charge in [0.1, 0.15) is 0 Å². The molecule has 19 heavy (non-hydrogen) atoms. The van der Waals surface area contributed by atoms with E-state index in [0.29, 0.717) is 23.5 Å². The summed E-state index contributed by atoms with van der Waals surface area (Å²) in [5, 5.41) is 2.64. The Morgan fingerprint density at radius 3 is 2.32 bits per heavy atom. The van der Waals surface area contributed by atoms with Gasteiger partial charge >= 0.3 is 0 Å². The second-order valence-electron chi connectivity index (χ2n) is 3.65. The third kappa shape index (κ3) is 3.77. The maximum absolute atomic E-state index is 10.5. The summed E-state index contributed by atoms with van der Waals surface area (Å²) in [4.78, 5) is 10.5. The number of nitrogen functional groups attached to an aromatic ring is 2. The molecule has 6 heteroatoms. The van der Waals surface area contributed by atoms with Gasteiger partial charge in [0.25, 0.3) is 0 Å². The van der Waals surface area contributed by atoms with E-state index in [1.165, 1.54) is 0 Å². The maximum Gasteiger partial charge on any atom is 0.211 e. The molecule has 0 saturated carbocycles. The van der Waals surface area contributed by atoms with Crippen LogP contribution in [-0.2, 0) is 4.79 Å². The molecule has 0 aliphatic rings. The molecule has 1 amide bonds. The van der Waals surface area contributed by atoms with Gasteiger partial charge in [-0.15, -0.1) is 24.8 Å². The van der Waals surface area contributed by atoms with Crippen LogP contribution in [0.1, 0.15) is 0 Å². The number of halogens is 2. The highest BCUT2D eigenvalue weighted by molar-refractivity contribution is 5.90. The van der Waals surface area contributed by atoms with E-state index >= 15 is 0 Å². The molecule has 0 fully saturated rings. The van der Waals surface area contributed by atoms with Crippen molar-refractivity contribution in [1.29, 1.82) is 0 Å². The second kappa shape index (κ2) is 7.51. The lowest BCUT2D eigenvalue weighted by Gasteiger charge is -2.11. The molecule has 0 aliphatic heterocycles. The van der Waals surface area contributed by atoms with Gasteiger partial charge in [-0.1, -0.05) is 18.2 Å². The van der Waals surface area contributed by atoms with Gasteiger partial charge in [0.15, 0.2) is 0 Å². The summed E-state index contributed by atoms with van der Waals surface area (Å²) >= 11 is 0. The molecule has 0 spiro atoms. The minimum absolute atomic E-state index is 0. The molecule has 0 heterocycles. The Balaban J connectivity index is 0.00000162. The molecule has 2 rings (SSSR count). The van der Waals surface area contributed by atoms with E-state index < -0.39 is 0 Å². The Labute approximate surface area is 124 Å². The van der Waals surface area contributed by atoms with E-state index in [9.17, 15) is 4.79 Å². The van der Waals surface area contributed by atoms with Crippen molar-refractivity contribution < 1.29 is 4.79 Å². The van der Waals surface area contributed by atoms with Crippen molar-refractivity contribution in [2.75, 3.05) is 16.8 Å². The number of carbonyl (C=O) groups is 1. The van der Waals surface area contributed by atoms with Gasteiger partial charge in [-0.25, -0.2) is 0 Å². The Bertz CT molecular complexity index is 561. The van der Waals surface area contributed by atoms with Gasteiger partial charge in [-0.05, 0) is 24.3 Å². The molecule has 0 aliphatic carbocycles. The summed E-state index contributed by atoms with van der Waals surface area (Å²) in [6.07, 6.45) is 0.640. The SMILES string of the molecule is Cl.Cl.Nc1ccc(N)c(-c2ccccc2NC=O)c1. The Kier molecular flexibility index (Phi) is 6.75. The van der Waals surface area contributed by atoms with Crippen molar-refractivity contribution in [3.8, 4) is 11.1 Å². The fourth-order valence-corrected chi connectivity index (χ4v) is 1.71. The lowest BCUT2D eigenvalue weighted by Crippen LogP contribution is -1.98. The van der Waals surface area contributed by atoms with Gasteiger partial charge in [-0.2, -0.15) is 0 Å². The third-order valence-electron chi connectivity index (χ3n) is 2.51. The Morgan fingerprint density at radius 1 is 0.947 bits per heavy atom. The summed E-state index contributed by atoms with van der Waals surface area (Å²) in [5.74, 6) is 0. The fourth-order valence-electron chi connectivity index (χ4n) is 1.71. The number of amides is 1. The van der Waals surface area contributed by atoms with Crippen molar-refractivity contribution in [1.82, 2.24) is 0 Å². The number of benzene rings is 2. The van der Waals surface area contributed by atoms with E-state index in [0.717, 1.165) is 11.1 Å². The topological polar surface area (TPSA) is 81.1 Å². The van der Waals surface area contributed by atoms with Crippen LogP contribution >= 0.6 is 24.8 Å². The van der Waals surface area contributed by atoms with Gasteiger partial charge < -0.3 is 16.8 Å². The Morgan fingerprint density at radius 2 is 1.63 bits per heavy atom. The van der Waals surface area contributed by atoms with Gasteiger partial charge in [0.2, 0.25) is 6.41 Å². The number of carbonyl (C=O) groups excluding carboxylic acids is 1. The molecule has 2 aromatic carbocycles. The summed E-state index contributed by atoms with van der Waals surface area (Å²) in [6.45, 7) is 0. The molecule has 0 atom stereocenters. The highest BCUT2D eigenvalue weighted by atomic mass is 35.5. The zero-order chi connectivity index (χ0) is 12.3. The number of anilines is 3. The number of nitrogens with two attached hydrogens (primary N) is 2. The maximum atomic E-state index is 10.5. The predicted molar refractivity (Wildman–Crippen MR) is 84.9 cm³/mol. The molecule has 0 unspecified atom stereocenters. The summed E-state index contributed by atoms with van der Waals surface area (Å²) in [7, 11) is 0. The highest BCUT2D eigenvalue weighted by Gasteiger charge is 2.07. The average Bonchev–Trinajstić information content (AvgIpc) is 2.34. The normalized spacial score (nSPS) is 8.84. The monoisotopic (exact) mass is 299 g/mol. The molecule has 4 nitrogen and oxygen atoms in total. The van der Waals surface area contributed by atoms with Crippen LogP contribution in [0.3, 0.4) is 0 Å². The zero-order valence-corrected chi connectivity index (χ0v) is 11.6. The van der Waals surface area contributed by atoms with Crippen LogP contribution in [0.15, 0.2) is 42.5 Å². The first-order valence-electron chi connectivity index (χ1n) is 5.17. The minimum Gasteiger partial charge on any atom is -0.399 e. The lowest BCUT2D eigenvalue weighted by molar-refractivity contribution is -0.105. The number of nitrogens with one attached hydrogen (secondary N) is 1. The van der Waals surface area contributed by atoms with Crippen LogP contribution in [0.4, 0.5) is 17.1 Å². The molecule has 2 aromatic rings. The van der Waals surface area contributed by atoms with Crippen LogP contribution < -0.4 is 16.8 Å². The molecule has 0 bridgehead atoms. The van der Waals surface area contributed by atoms with E-state index in [4.69, 9.17) is 11.5 Å². The van der Waals surface area contributed by atoms with Crippen LogP contribution in [0.25, 0.3) is 11.1 Å². The van der Waals surface area contributed by atoms with Crippen LogP contribution in [0.2, 0.25) is 0 Å². The first kappa shape index (κ1) is 17.1. The number of rotatable bonds is 3. The molecular formula is C13H15Cl2N3O. The number of hydrogen-bond donors (Lipinski definition) is 3. The van der Waals surface area contributed by atoms with Crippen molar-refractivity contribution in [3.05, 3.63) is 42.5 Å². The average molecular weight is 300 g/mol. The quantitative estimate of drug-likeness (QED) is 0.602.